The van der Waals surface area contributed by atoms with Crippen molar-refractivity contribution in [2.24, 2.45) is 0 Å². The molecule has 1 unspecified atom stereocenters. The molecule has 29 heavy (non-hydrogen) atoms. The summed E-state index contributed by atoms with van der Waals surface area (Å²) in [6, 6.07) is 3.25. The van der Waals surface area contributed by atoms with E-state index in [1.165, 1.54) is 27.7 Å². The van der Waals surface area contributed by atoms with Crippen molar-refractivity contribution in [1.82, 2.24) is 19.5 Å². The molecule has 0 radical (unpaired) electrons. The molecule has 2 N–H and O–H groups in total. The maximum absolute atomic E-state index is 13.5. The minimum absolute atomic E-state index is 0.217. The lowest BCUT2D eigenvalue weighted by molar-refractivity contribution is 0.323. The number of nitrogens with zero attached hydrogens (tertiary/aromatic N) is 4. The molecule has 0 fully saturated rings. The molecule has 0 aliphatic heterocycles. The number of aryl methyl sites for hydroxylation is 1. The van der Waals surface area contributed by atoms with Crippen LogP contribution in [0, 0.1) is 12.3 Å². The van der Waals surface area contributed by atoms with E-state index >= 15 is 0 Å². The molecule has 3 rings (SSSR count). The molecular weight excluding hydrogens is 394 g/mol. The van der Waals surface area contributed by atoms with E-state index in [0.29, 0.717) is 57.9 Å². The van der Waals surface area contributed by atoms with Gasteiger partial charge < -0.3 is 24.5 Å². The zero-order chi connectivity index (χ0) is 21.0. The van der Waals surface area contributed by atoms with Gasteiger partial charge in [0.25, 0.3) is 0 Å². The average Bonchev–Trinajstić information content (AvgIpc) is 3.12. The van der Waals surface area contributed by atoms with Crippen LogP contribution in [0.4, 0.5) is 5.82 Å². The number of unbranched alkanes of at least 4 members (excludes halogenated alkanes) is 1. The van der Waals surface area contributed by atoms with E-state index in [1.54, 1.807) is 16.7 Å². The van der Waals surface area contributed by atoms with Crippen molar-refractivity contribution in [3.8, 4) is 29.6 Å². The van der Waals surface area contributed by atoms with Crippen LogP contribution in [-0.2, 0) is 17.3 Å². The van der Waals surface area contributed by atoms with Crippen LogP contribution in [0.2, 0.25) is 0 Å². The summed E-state index contributed by atoms with van der Waals surface area (Å²) < 4.78 is 31.3. The Kier molecular flexibility index (Phi) is 6.19. The minimum Gasteiger partial charge on any atom is -0.493 e. The van der Waals surface area contributed by atoms with Crippen molar-refractivity contribution in [2.45, 2.75) is 29.4 Å². The van der Waals surface area contributed by atoms with Gasteiger partial charge in [0.1, 0.15) is 17.1 Å². The molecule has 0 aliphatic carbocycles. The third-order valence-electron chi connectivity index (χ3n) is 4.25. The maximum atomic E-state index is 13.5. The van der Waals surface area contributed by atoms with Crippen LogP contribution in [0.5, 0.6) is 17.2 Å². The number of aromatic nitrogens is 4. The Balaban J connectivity index is 2.15. The number of hydrogen-bond donors (Lipinski definition) is 1. The molecule has 0 aliphatic rings. The second-order valence-corrected chi connectivity index (χ2v) is 7.29. The lowest BCUT2D eigenvalue weighted by Crippen LogP contribution is -2.08. The number of nitrogen functional groups attached to an aromatic ring is 1. The number of methoxy groups -OCH3 is 3. The monoisotopic (exact) mass is 415 g/mol. The van der Waals surface area contributed by atoms with Crippen molar-refractivity contribution < 1.29 is 18.4 Å². The first-order valence-corrected chi connectivity index (χ1v) is 9.82. The van der Waals surface area contributed by atoms with E-state index in [4.69, 9.17) is 26.4 Å². The van der Waals surface area contributed by atoms with Crippen molar-refractivity contribution in [3.63, 3.8) is 0 Å². The number of nitrogens with two attached hydrogens (primary N) is 1. The van der Waals surface area contributed by atoms with Crippen LogP contribution in [0.15, 0.2) is 28.5 Å². The summed E-state index contributed by atoms with van der Waals surface area (Å²) in [5, 5.41) is 0.290. The molecule has 0 saturated heterocycles. The van der Waals surface area contributed by atoms with Gasteiger partial charge in [-0.05, 0) is 6.42 Å². The molecule has 3 aromatic rings. The number of imidazole rings is 1. The first-order chi connectivity index (χ1) is 14.0. The van der Waals surface area contributed by atoms with Crippen LogP contribution in [-0.4, -0.2) is 45.1 Å². The van der Waals surface area contributed by atoms with Gasteiger partial charge in [0.2, 0.25) is 10.9 Å². The lowest BCUT2D eigenvalue weighted by atomic mass is 10.3. The Bertz CT molecular complexity index is 1080. The number of hydrogen-bond acceptors (Lipinski definition) is 8. The third kappa shape index (κ3) is 3.82. The van der Waals surface area contributed by atoms with Crippen molar-refractivity contribution in [1.29, 1.82) is 0 Å². The maximum Gasteiger partial charge on any atom is 0.206 e. The molecule has 0 bridgehead atoms. The van der Waals surface area contributed by atoms with Gasteiger partial charge in [0.05, 0.1) is 26.2 Å². The minimum atomic E-state index is -1.68. The standard InChI is InChI=1S/C19H21N5O4S/c1-5-6-7-8-24-18-15(17(20)21-11-22-18)23-19(24)29(25)12-9-13(26-2)16(28-4)14(10-12)27-3/h1,9-11H,6-8H2,2-4H3,(H2,20,21,22). The average molecular weight is 415 g/mol. The summed E-state index contributed by atoms with van der Waals surface area (Å²) in [5.41, 5.74) is 6.84. The fourth-order valence-corrected chi connectivity index (χ4v) is 4.08. The quantitative estimate of drug-likeness (QED) is 0.439. The Hall–Kier alpha value is -3.32. The molecule has 1 atom stereocenters. The first kappa shape index (κ1) is 20.4. The van der Waals surface area contributed by atoms with E-state index in [9.17, 15) is 4.21 Å². The summed E-state index contributed by atoms with van der Waals surface area (Å²) >= 11 is 0. The lowest BCUT2D eigenvalue weighted by Gasteiger charge is -2.14. The second kappa shape index (κ2) is 8.79. The van der Waals surface area contributed by atoms with Gasteiger partial charge in [-0.2, -0.15) is 0 Å². The molecule has 0 saturated carbocycles. The van der Waals surface area contributed by atoms with Crippen molar-refractivity contribution >= 4 is 27.8 Å². The normalized spacial score (nSPS) is 11.8. The van der Waals surface area contributed by atoms with E-state index in [1.807, 2.05) is 0 Å². The summed E-state index contributed by atoms with van der Waals surface area (Å²) in [7, 11) is 2.82. The van der Waals surface area contributed by atoms with E-state index in [0.717, 1.165) is 0 Å². The second-order valence-electron chi connectivity index (χ2n) is 5.91. The largest absolute Gasteiger partial charge is 0.493 e. The van der Waals surface area contributed by atoms with Gasteiger partial charge in [0.15, 0.2) is 28.5 Å². The van der Waals surface area contributed by atoms with Gasteiger partial charge >= 0.3 is 0 Å². The SMILES string of the molecule is C#CCCCn1c(S(=O)c2cc(OC)c(OC)c(OC)c2)nc2c(N)ncnc21. The fourth-order valence-electron chi connectivity index (χ4n) is 2.89. The van der Waals surface area contributed by atoms with E-state index in [-0.39, 0.29) is 5.82 Å². The number of ether oxygens (including phenoxy) is 3. The smallest absolute Gasteiger partial charge is 0.206 e. The number of anilines is 1. The van der Waals surface area contributed by atoms with Crippen LogP contribution in [0.25, 0.3) is 11.2 Å². The number of benzene rings is 1. The van der Waals surface area contributed by atoms with Gasteiger partial charge in [-0.1, -0.05) is 0 Å². The Labute approximate surface area is 170 Å². The first-order valence-electron chi connectivity index (χ1n) is 8.67. The predicted molar refractivity (Wildman–Crippen MR) is 109 cm³/mol. The third-order valence-corrected chi connectivity index (χ3v) is 5.55. The van der Waals surface area contributed by atoms with Crippen LogP contribution < -0.4 is 19.9 Å². The van der Waals surface area contributed by atoms with Gasteiger partial charge in [-0.3, -0.25) is 0 Å². The molecular formula is C19H21N5O4S. The Morgan fingerprint density at radius 2 is 1.86 bits per heavy atom. The highest BCUT2D eigenvalue weighted by Crippen LogP contribution is 2.40. The summed E-state index contributed by atoms with van der Waals surface area (Å²) in [6.45, 7) is 0.489. The van der Waals surface area contributed by atoms with Gasteiger partial charge in [0, 0.05) is 25.1 Å². The molecule has 152 valence electrons. The molecule has 9 nitrogen and oxygen atoms in total. The highest BCUT2D eigenvalue weighted by atomic mass is 32.2. The highest BCUT2D eigenvalue weighted by Gasteiger charge is 2.23. The Morgan fingerprint density at radius 1 is 1.17 bits per heavy atom. The van der Waals surface area contributed by atoms with Crippen molar-refractivity contribution in [2.75, 3.05) is 27.1 Å². The number of fused-ring (bicyclic) bond motifs is 1. The molecule has 2 heterocycles. The zero-order valence-corrected chi connectivity index (χ0v) is 17.2. The molecule has 1 aromatic carbocycles. The molecule has 2 aromatic heterocycles. The van der Waals surface area contributed by atoms with E-state index in [2.05, 4.69) is 20.9 Å². The number of terminal acetylenes is 1. The van der Waals surface area contributed by atoms with Crippen LogP contribution in [0.3, 0.4) is 0 Å². The molecule has 10 heteroatoms. The summed E-state index contributed by atoms with van der Waals surface area (Å²) in [5.74, 6) is 4.01. The summed E-state index contributed by atoms with van der Waals surface area (Å²) in [4.78, 5) is 13.1. The highest BCUT2D eigenvalue weighted by molar-refractivity contribution is 7.85. The predicted octanol–water partition coefficient (Wildman–Crippen LogP) is 2.01. The van der Waals surface area contributed by atoms with Crippen LogP contribution in [0.1, 0.15) is 12.8 Å². The zero-order valence-electron chi connectivity index (χ0n) is 16.3. The summed E-state index contributed by atoms with van der Waals surface area (Å²) in [6.07, 6.45) is 7.95. The molecule has 0 amide bonds. The topological polar surface area (TPSA) is 114 Å². The fraction of sp³-hybridized carbons (Fsp3) is 0.316. The number of rotatable bonds is 8. The van der Waals surface area contributed by atoms with Gasteiger partial charge in [-0.25, -0.2) is 19.2 Å². The van der Waals surface area contributed by atoms with Crippen LogP contribution >= 0.6 is 0 Å². The van der Waals surface area contributed by atoms with Gasteiger partial charge in [-0.15, -0.1) is 12.3 Å². The Morgan fingerprint density at radius 3 is 2.45 bits per heavy atom. The van der Waals surface area contributed by atoms with E-state index < -0.39 is 10.8 Å². The van der Waals surface area contributed by atoms with Crippen molar-refractivity contribution in [3.05, 3.63) is 18.5 Å². The molecule has 0 spiro atoms.